The van der Waals surface area contributed by atoms with Crippen LogP contribution in [0.2, 0.25) is 0 Å². The summed E-state index contributed by atoms with van der Waals surface area (Å²) < 4.78 is 47.0. The molecule has 1 N–H and O–H groups in total. The van der Waals surface area contributed by atoms with Crippen molar-refractivity contribution < 1.29 is 27.1 Å². The van der Waals surface area contributed by atoms with Gasteiger partial charge in [-0.05, 0) is 42.5 Å². The summed E-state index contributed by atoms with van der Waals surface area (Å²) in [5.41, 5.74) is 0.859. The molecule has 0 bridgehead atoms. The minimum Gasteiger partial charge on any atom is -0.435 e. The number of carbonyl (C=O) groups excluding carboxylic acids is 1. The first-order valence-corrected chi connectivity index (χ1v) is 8.55. The van der Waals surface area contributed by atoms with Gasteiger partial charge in [-0.15, -0.1) is 10.2 Å². The number of amides is 1. The molecule has 27 heavy (non-hydrogen) atoms. The van der Waals surface area contributed by atoms with Gasteiger partial charge in [0.1, 0.15) is 11.6 Å². The fraction of sp³-hybridized carbons (Fsp3) is 0.118. The SMILES string of the molecule is O=C(CSc1nnc(-c2cccc(F)c2)o1)Nc1ccc(OC(F)F)cc1. The first-order valence-electron chi connectivity index (χ1n) is 7.56. The molecule has 0 fully saturated rings. The molecule has 3 aromatic rings. The van der Waals surface area contributed by atoms with Gasteiger partial charge in [0.2, 0.25) is 11.8 Å². The van der Waals surface area contributed by atoms with Gasteiger partial charge in [-0.3, -0.25) is 4.79 Å². The third-order valence-corrected chi connectivity index (χ3v) is 3.99. The number of carbonyl (C=O) groups is 1. The Hall–Kier alpha value is -3.01. The lowest BCUT2D eigenvalue weighted by molar-refractivity contribution is -0.113. The van der Waals surface area contributed by atoms with Gasteiger partial charge in [0.15, 0.2) is 0 Å². The maximum absolute atomic E-state index is 13.2. The molecule has 0 aliphatic heterocycles. The number of thioether (sulfide) groups is 1. The van der Waals surface area contributed by atoms with Gasteiger partial charge in [-0.1, -0.05) is 17.8 Å². The minimum absolute atomic E-state index is 0.00638. The average Bonchev–Trinajstić information content (AvgIpc) is 3.10. The Morgan fingerprint density at radius 1 is 1.19 bits per heavy atom. The highest BCUT2D eigenvalue weighted by Crippen LogP contribution is 2.24. The Kier molecular flexibility index (Phi) is 5.97. The number of aromatic nitrogens is 2. The molecule has 0 aliphatic rings. The van der Waals surface area contributed by atoms with Crippen LogP contribution in [-0.2, 0) is 4.79 Å². The third-order valence-electron chi connectivity index (χ3n) is 3.17. The maximum atomic E-state index is 13.2. The standard InChI is InChI=1S/C17H12F3N3O3S/c18-11-3-1-2-10(8-11)15-22-23-17(26-15)27-9-14(24)21-12-4-6-13(7-5-12)25-16(19)20/h1-8,16H,9H2,(H,21,24). The van der Waals surface area contributed by atoms with E-state index in [2.05, 4.69) is 20.3 Å². The Morgan fingerprint density at radius 3 is 2.67 bits per heavy atom. The number of hydrogen-bond acceptors (Lipinski definition) is 6. The van der Waals surface area contributed by atoms with Gasteiger partial charge in [-0.2, -0.15) is 8.78 Å². The van der Waals surface area contributed by atoms with Crippen LogP contribution in [0.1, 0.15) is 0 Å². The van der Waals surface area contributed by atoms with E-state index in [0.717, 1.165) is 11.8 Å². The molecule has 140 valence electrons. The van der Waals surface area contributed by atoms with Gasteiger partial charge < -0.3 is 14.5 Å². The van der Waals surface area contributed by atoms with Crippen LogP contribution in [0.4, 0.5) is 18.9 Å². The fourth-order valence-electron chi connectivity index (χ4n) is 2.05. The molecule has 0 aliphatic carbocycles. The van der Waals surface area contributed by atoms with E-state index in [4.69, 9.17) is 4.42 Å². The van der Waals surface area contributed by atoms with Crippen LogP contribution in [0, 0.1) is 5.82 Å². The summed E-state index contributed by atoms with van der Waals surface area (Å²) in [7, 11) is 0. The highest BCUT2D eigenvalue weighted by molar-refractivity contribution is 7.99. The number of nitrogens with one attached hydrogen (secondary N) is 1. The fourth-order valence-corrected chi connectivity index (χ4v) is 2.61. The van der Waals surface area contributed by atoms with Crippen molar-refractivity contribution >= 4 is 23.4 Å². The summed E-state index contributed by atoms with van der Waals surface area (Å²) >= 11 is 1.01. The number of halogens is 3. The smallest absolute Gasteiger partial charge is 0.387 e. The first-order chi connectivity index (χ1) is 13.0. The molecule has 1 heterocycles. The molecule has 0 saturated carbocycles. The zero-order chi connectivity index (χ0) is 19.2. The summed E-state index contributed by atoms with van der Waals surface area (Å²) in [6.45, 7) is -2.91. The number of hydrogen-bond donors (Lipinski definition) is 1. The van der Waals surface area contributed by atoms with E-state index in [0.29, 0.717) is 11.3 Å². The number of anilines is 1. The van der Waals surface area contributed by atoms with E-state index >= 15 is 0 Å². The number of benzene rings is 2. The second-order valence-electron chi connectivity index (χ2n) is 5.12. The van der Waals surface area contributed by atoms with Crippen LogP contribution in [0.5, 0.6) is 5.75 Å². The van der Waals surface area contributed by atoms with E-state index in [9.17, 15) is 18.0 Å². The van der Waals surface area contributed by atoms with Gasteiger partial charge in [-0.25, -0.2) is 4.39 Å². The number of alkyl halides is 2. The molecule has 6 nitrogen and oxygen atoms in total. The Morgan fingerprint density at radius 2 is 1.96 bits per heavy atom. The molecule has 0 saturated heterocycles. The third kappa shape index (κ3) is 5.48. The number of rotatable bonds is 7. The molecule has 0 spiro atoms. The van der Waals surface area contributed by atoms with Crippen LogP contribution < -0.4 is 10.1 Å². The highest BCUT2D eigenvalue weighted by atomic mass is 32.2. The van der Waals surface area contributed by atoms with Crippen molar-refractivity contribution in [2.75, 3.05) is 11.1 Å². The Balaban J connectivity index is 1.52. The second-order valence-corrected chi connectivity index (χ2v) is 6.05. The summed E-state index contributed by atoms with van der Waals surface area (Å²) in [5, 5.41) is 10.4. The van der Waals surface area contributed by atoms with Crippen LogP contribution in [0.3, 0.4) is 0 Å². The van der Waals surface area contributed by atoms with Crippen molar-refractivity contribution in [3.63, 3.8) is 0 Å². The van der Waals surface area contributed by atoms with Gasteiger partial charge in [0, 0.05) is 11.3 Å². The van der Waals surface area contributed by atoms with Crippen molar-refractivity contribution in [1.82, 2.24) is 10.2 Å². The van der Waals surface area contributed by atoms with E-state index in [1.54, 1.807) is 6.07 Å². The predicted molar refractivity (Wildman–Crippen MR) is 92.1 cm³/mol. The molecule has 1 aromatic heterocycles. The van der Waals surface area contributed by atoms with Gasteiger partial charge in [0.25, 0.3) is 5.22 Å². The first kappa shape index (κ1) is 18.8. The highest BCUT2D eigenvalue weighted by Gasteiger charge is 2.12. The van der Waals surface area contributed by atoms with E-state index in [1.165, 1.54) is 42.5 Å². The van der Waals surface area contributed by atoms with Crippen LogP contribution >= 0.6 is 11.8 Å². The van der Waals surface area contributed by atoms with Crippen LogP contribution in [0.25, 0.3) is 11.5 Å². The lowest BCUT2D eigenvalue weighted by Gasteiger charge is -2.06. The molecular formula is C17H12F3N3O3S. The average molecular weight is 395 g/mol. The summed E-state index contributed by atoms with van der Waals surface area (Å²) in [4.78, 5) is 11.9. The van der Waals surface area contributed by atoms with Crippen molar-refractivity contribution in [3.8, 4) is 17.2 Å². The zero-order valence-corrected chi connectivity index (χ0v) is 14.4. The monoisotopic (exact) mass is 395 g/mol. The summed E-state index contributed by atoms with van der Waals surface area (Å²) in [6.07, 6.45) is 0. The maximum Gasteiger partial charge on any atom is 0.387 e. The number of ether oxygens (including phenoxy) is 1. The Bertz CT molecular complexity index is 919. The van der Waals surface area contributed by atoms with Crippen molar-refractivity contribution in [2.24, 2.45) is 0 Å². The van der Waals surface area contributed by atoms with Gasteiger partial charge in [0.05, 0.1) is 5.75 Å². The molecule has 2 aromatic carbocycles. The zero-order valence-electron chi connectivity index (χ0n) is 13.6. The quantitative estimate of drug-likeness (QED) is 0.604. The second kappa shape index (κ2) is 8.58. The van der Waals surface area contributed by atoms with E-state index < -0.39 is 12.4 Å². The molecule has 3 rings (SSSR count). The number of nitrogens with zero attached hydrogens (tertiary/aromatic N) is 2. The van der Waals surface area contributed by atoms with Crippen molar-refractivity contribution in [1.29, 1.82) is 0 Å². The van der Waals surface area contributed by atoms with Crippen LogP contribution in [-0.4, -0.2) is 28.5 Å². The molecule has 0 radical (unpaired) electrons. The normalized spacial score (nSPS) is 10.8. The van der Waals surface area contributed by atoms with E-state index in [-0.39, 0.29) is 28.5 Å². The largest absolute Gasteiger partial charge is 0.435 e. The summed E-state index contributed by atoms with van der Waals surface area (Å²) in [5.74, 6) is -0.655. The van der Waals surface area contributed by atoms with Crippen LogP contribution in [0.15, 0.2) is 58.2 Å². The van der Waals surface area contributed by atoms with Crippen molar-refractivity contribution in [2.45, 2.75) is 11.8 Å². The van der Waals surface area contributed by atoms with E-state index in [1.807, 2.05) is 0 Å². The Labute approximate surface area is 155 Å². The molecule has 0 atom stereocenters. The molecule has 0 unspecified atom stereocenters. The minimum atomic E-state index is -2.91. The summed E-state index contributed by atoms with van der Waals surface area (Å²) in [6, 6.07) is 11.2. The van der Waals surface area contributed by atoms with Crippen molar-refractivity contribution in [3.05, 3.63) is 54.3 Å². The topological polar surface area (TPSA) is 77.2 Å². The lowest BCUT2D eigenvalue weighted by atomic mass is 10.2. The molecule has 10 heteroatoms. The van der Waals surface area contributed by atoms with Gasteiger partial charge >= 0.3 is 6.61 Å². The molecule has 1 amide bonds. The lowest BCUT2D eigenvalue weighted by Crippen LogP contribution is -2.14. The molecular weight excluding hydrogens is 383 g/mol. The predicted octanol–water partition coefficient (Wildman–Crippen LogP) is 4.21.